The number of hydrogen-bond acceptors (Lipinski definition) is 5. The normalized spacial score (nSPS) is 10.2. The molecule has 2 N–H and O–H groups in total. The summed E-state index contributed by atoms with van der Waals surface area (Å²) in [6.45, 7) is 4.59. The fourth-order valence-electron chi connectivity index (χ4n) is 2.29. The summed E-state index contributed by atoms with van der Waals surface area (Å²) in [4.78, 5) is 36.1. The molecule has 2 rings (SSSR count). The molecule has 0 saturated carbocycles. The second kappa shape index (κ2) is 7.85. The number of amides is 2. The van der Waals surface area contributed by atoms with E-state index in [0.717, 1.165) is 0 Å². The monoisotopic (exact) mass is 364 g/mol. The smallest absolute Gasteiger partial charge is 0.344 e. The van der Waals surface area contributed by atoms with Crippen LogP contribution in [0.3, 0.4) is 0 Å². The molecule has 0 radical (unpaired) electrons. The van der Waals surface area contributed by atoms with Gasteiger partial charge in [0.15, 0.2) is 5.78 Å². The standard InChI is InChI=1S/C17H17ClN2O5/c1-4-24-16(22)14-13(9(2)21)10(3)25-15(14)20-17(23)19-12-7-5-6-11(18)8-12/h5-8H,4H2,1-3H3,(H2,19,20,23). The minimum atomic E-state index is -0.748. The van der Waals surface area contributed by atoms with Crippen LogP contribution >= 0.6 is 11.6 Å². The summed E-state index contributed by atoms with van der Waals surface area (Å²) in [5, 5.41) is 5.43. The van der Waals surface area contributed by atoms with Crippen molar-refractivity contribution in [3.8, 4) is 0 Å². The van der Waals surface area contributed by atoms with Gasteiger partial charge in [-0.3, -0.25) is 10.1 Å². The van der Waals surface area contributed by atoms with Crippen molar-refractivity contribution in [2.75, 3.05) is 17.2 Å². The summed E-state index contributed by atoms with van der Waals surface area (Å²) < 4.78 is 10.3. The number of hydrogen-bond donors (Lipinski definition) is 2. The molecule has 2 aromatic rings. The highest BCUT2D eigenvalue weighted by Gasteiger charge is 2.28. The van der Waals surface area contributed by atoms with Gasteiger partial charge in [-0.2, -0.15) is 0 Å². The quantitative estimate of drug-likeness (QED) is 0.610. The van der Waals surface area contributed by atoms with Crippen molar-refractivity contribution < 1.29 is 23.5 Å². The number of ketones is 1. The summed E-state index contributed by atoms with van der Waals surface area (Å²) in [5.41, 5.74) is 0.433. The number of aryl methyl sites for hydroxylation is 1. The molecule has 0 aliphatic carbocycles. The lowest BCUT2D eigenvalue weighted by Gasteiger charge is -2.08. The molecule has 0 aliphatic heterocycles. The van der Waals surface area contributed by atoms with Gasteiger partial charge >= 0.3 is 12.0 Å². The molecule has 0 unspecified atom stereocenters. The number of anilines is 2. The minimum Gasteiger partial charge on any atom is -0.462 e. The summed E-state index contributed by atoms with van der Waals surface area (Å²) >= 11 is 5.86. The molecule has 0 atom stereocenters. The number of carbonyl (C=O) groups is 3. The topological polar surface area (TPSA) is 97.6 Å². The molecule has 1 aromatic heterocycles. The molecule has 1 aromatic carbocycles. The van der Waals surface area contributed by atoms with E-state index < -0.39 is 12.0 Å². The van der Waals surface area contributed by atoms with E-state index in [2.05, 4.69) is 10.6 Å². The van der Waals surface area contributed by atoms with Crippen LogP contribution in [0.2, 0.25) is 5.02 Å². The molecule has 0 aliphatic rings. The van der Waals surface area contributed by atoms with Crippen molar-refractivity contribution in [1.29, 1.82) is 0 Å². The van der Waals surface area contributed by atoms with Crippen LogP contribution in [0.25, 0.3) is 0 Å². The van der Waals surface area contributed by atoms with Gasteiger partial charge in [-0.05, 0) is 39.0 Å². The summed E-state index contributed by atoms with van der Waals surface area (Å²) in [6.07, 6.45) is 0. The Morgan fingerprint density at radius 3 is 2.52 bits per heavy atom. The minimum absolute atomic E-state index is 0.0801. The van der Waals surface area contributed by atoms with Crippen LogP contribution in [0, 0.1) is 6.92 Å². The first-order chi connectivity index (χ1) is 11.8. The molecule has 1 heterocycles. The highest BCUT2D eigenvalue weighted by atomic mass is 35.5. The van der Waals surface area contributed by atoms with E-state index >= 15 is 0 Å². The molecule has 132 valence electrons. The van der Waals surface area contributed by atoms with E-state index in [1.165, 1.54) is 13.8 Å². The van der Waals surface area contributed by atoms with Crippen molar-refractivity contribution in [3.05, 3.63) is 46.2 Å². The zero-order valence-electron chi connectivity index (χ0n) is 13.9. The van der Waals surface area contributed by atoms with Gasteiger partial charge in [0.2, 0.25) is 5.88 Å². The van der Waals surface area contributed by atoms with Crippen LogP contribution in [0.5, 0.6) is 0 Å². The first-order valence-corrected chi connectivity index (χ1v) is 7.86. The second-order valence-electron chi connectivity index (χ2n) is 5.10. The molecule has 25 heavy (non-hydrogen) atoms. The van der Waals surface area contributed by atoms with Crippen molar-refractivity contribution in [3.63, 3.8) is 0 Å². The van der Waals surface area contributed by atoms with Gasteiger partial charge in [0, 0.05) is 10.7 Å². The predicted molar refractivity (Wildman–Crippen MR) is 93.5 cm³/mol. The van der Waals surface area contributed by atoms with Gasteiger partial charge in [0.1, 0.15) is 11.3 Å². The first kappa shape index (κ1) is 18.5. The molecule has 7 nitrogen and oxygen atoms in total. The SMILES string of the molecule is CCOC(=O)c1c(NC(=O)Nc2cccc(Cl)c2)oc(C)c1C(C)=O. The first-order valence-electron chi connectivity index (χ1n) is 7.48. The molecule has 0 bridgehead atoms. The molecular weight excluding hydrogens is 348 g/mol. The van der Waals surface area contributed by atoms with Gasteiger partial charge in [0.05, 0.1) is 12.2 Å². The van der Waals surface area contributed by atoms with Crippen molar-refractivity contribution >= 4 is 41.0 Å². The Labute approximate surface area is 149 Å². The van der Waals surface area contributed by atoms with E-state index in [0.29, 0.717) is 10.7 Å². The number of benzene rings is 1. The van der Waals surface area contributed by atoms with Crippen LogP contribution in [0.15, 0.2) is 28.7 Å². The van der Waals surface area contributed by atoms with Crippen molar-refractivity contribution in [1.82, 2.24) is 0 Å². The van der Waals surface area contributed by atoms with Crippen LogP contribution < -0.4 is 10.6 Å². The van der Waals surface area contributed by atoms with Gasteiger partial charge < -0.3 is 14.5 Å². The zero-order chi connectivity index (χ0) is 18.6. The summed E-state index contributed by atoms with van der Waals surface area (Å²) in [7, 11) is 0. The van der Waals surface area contributed by atoms with E-state index in [1.54, 1.807) is 31.2 Å². The predicted octanol–water partition coefficient (Wildman–Crippen LogP) is 4.26. The number of ether oxygens (including phenoxy) is 1. The molecule has 0 spiro atoms. The lowest BCUT2D eigenvalue weighted by Crippen LogP contribution is -2.21. The average molecular weight is 365 g/mol. The Hall–Kier alpha value is -2.80. The van der Waals surface area contributed by atoms with Crippen molar-refractivity contribution in [2.45, 2.75) is 20.8 Å². The van der Waals surface area contributed by atoms with Crippen LogP contribution in [0.1, 0.15) is 40.3 Å². The lowest BCUT2D eigenvalue weighted by molar-refractivity contribution is 0.0524. The number of halogens is 1. The number of rotatable bonds is 5. The van der Waals surface area contributed by atoms with Crippen LogP contribution in [-0.2, 0) is 4.74 Å². The Bertz CT molecular complexity index is 828. The van der Waals surface area contributed by atoms with E-state index in [4.69, 9.17) is 20.8 Å². The Balaban J connectivity index is 2.29. The maximum atomic E-state index is 12.2. The Kier molecular flexibility index (Phi) is 5.82. The van der Waals surface area contributed by atoms with Gasteiger partial charge in [-0.15, -0.1) is 0 Å². The summed E-state index contributed by atoms with van der Waals surface area (Å²) in [6, 6.07) is 5.89. The Morgan fingerprint density at radius 1 is 1.20 bits per heavy atom. The van der Waals surface area contributed by atoms with E-state index in [1.807, 2.05) is 0 Å². The third-order valence-electron chi connectivity index (χ3n) is 3.23. The number of furan rings is 1. The fourth-order valence-corrected chi connectivity index (χ4v) is 2.48. The number of Topliss-reactive ketones (excluding diaryl/α,β-unsaturated/α-hetero) is 1. The molecule has 8 heteroatoms. The van der Waals surface area contributed by atoms with Crippen LogP contribution in [0.4, 0.5) is 16.4 Å². The molecule has 0 fully saturated rings. The maximum absolute atomic E-state index is 12.2. The third-order valence-corrected chi connectivity index (χ3v) is 3.46. The van der Waals surface area contributed by atoms with Crippen molar-refractivity contribution in [2.24, 2.45) is 0 Å². The number of esters is 1. The maximum Gasteiger partial charge on any atom is 0.344 e. The lowest BCUT2D eigenvalue weighted by atomic mass is 10.1. The Morgan fingerprint density at radius 2 is 1.92 bits per heavy atom. The fraction of sp³-hybridized carbons (Fsp3) is 0.235. The second-order valence-corrected chi connectivity index (χ2v) is 5.54. The number of nitrogens with one attached hydrogen (secondary N) is 2. The number of carbonyl (C=O) groups excluding carboxylic acids is 3. The van der Waals surface area contributed by atoms with Gasteiger partial charge in [0.25, 0.3) is 0 Å². The largest absolute Gasteiger partial charge is 0.462 e. The van der Waals surface area contributed by atoms with Gasteiger partial charge in [-0.1, -0.05) is 17.7 Å². The number of urea groups is 1. The average Bonchev–Trinajstić information content (AvgIpc) is 2.83. The molecule has 2 amide bonds. The molecular formula is C17H17ClN2O5. The van der Waals surface area contributed by atoms with E-state index in [9.17, 15) is 14.4 Å². The van der Waals surface area contributed by atoms with Crippen LogP contribution in [-0.4, -0.2) is 24.4 Å². The third kappa shape index (κ3) is 4.39. The van der Waals surface area contributed by atoms with E-state index in [-0.39, 0.29) is 35.2 Å². The zero-order valence-corrected chi connectivity index (χ0v) is 14.7. The molecule has 0 saturated heterocycles. The highest BCUT2D eigenvalue weighted by molar-refractivity contribution is 6.30. The highest BCUT2D eigenvalue weighted by Crippen LogP contribution is 2.28. The summed E-state index contributed by atoms with van der Waals surface area (Å²) in [5.74, 6) is -1.05. The van der Waals surface area contributed by atoms with Gasteiger partial charge in [-0.25, -0.2) is 9.59 Å².